The van der Waals surface area contributed by atoms with E-state index in [-0.39, 0.29) is 6.61 Å². The molecule has 0 amide bonds. The Balaban J connectivity index is 1.66. The lowest BCUT2D eigenvalue weighted by atomic mass is 9.99. The third kappa shape index (κ3) is 3.15. The van der Waals surface area contributed by atoms with Crippen LogP contribution in [0.15, 0.2) is 60.7 Å². The molecule has 0 saturated carbocycles. The standard InChI is InChI=1S/C18H19NO2/c20-14-18(13-19-12-15-6-2-1-3-7-15)11-10-16-8-4-5-9-17(16)21-18/h1-11,19-20H,12-14H2. The highest BCUT2D eigenvalue weighted by Gasteiger charge is 2.31. The van der Waals surface area contributed by atoms with Gasteiger partial charge in [-0.05, 0) is 17.7 Å². The van der Waals surface area contributed by atoms with E-state index in [4.69, 9.17) is 4.74 Å². The number of ether oxygens (including phenoxy) is 1. The fourth-order valence-electron chi connectivity index (χ4n) is 2.46. The van der Waals surface area contributed by atoms with Gasteiger partial charge < -0.3 is 15.2 Å². The summed E-state index contributed by atoms with van der Waals surface area (Å²) < 4.78 is 6.01. The minimum absolute atomic E-state index is 0.0559. The van der Waals surface area contributed by atoms with Gasteiger partial charge in [-0.1, -0.05) is 54.6 Å². The molecule has 1 aliphatic rings. The Bertz CT molecular complexity index is 624. The highest BCUT2D eigenvalue weighted by molar-refractivity contribution is 5.61. The van der Waals surface area contributed by atoms with Crippen LogP contribution in [0.1, 0.15) is 11.1 Å². The van der Waals surface area contributed by atoms with Crippen molar-refractivity contribution in [3.8, 4) is 5.75 Å². The third-order valence-electron chi connectivity index (χ3n) is 3.66. The maximum absolute atomic E-state index is 9.75. The van der Waals surface area contributed by atoms with Crippen molar-refractivity contribution in [2.24, 2.45) is 0 Å². The molecule has 0 bridgehead atoms. The molecule has 3 rings (SSSR count). The summed E-state index contributed by atoms with van der Waals surface area (Å²) in [5.41, 5.74) is 1.57. The molecule has 0 spiro atoms. The van der Waals surface area contributed by atoms with E-state index in [0.717, 1.165) is 17.9 Å². The highest BCUT2D eigenvalue weighted by atomic mass is 16.5. The average Bonchev–Trinajstić information content (AvgIpc) is 2.56. The molecule has 3 nitrogen and oxygen atoms in total. The van der Waals surface area contributed by atoms with E-state index in [0.29, 0.717) is 6.54 Å². The lowest BCUT2D eigenvalue weighted by Crippen LogP contribution is -2.48. The van der Waals surface area contributed by atoms with Crippen molar-refractivity contribution < 1.29 is 9.84 Å². The van der Waals surface area contributed by atoms with Crippen LogP contribution in [0.2, 0.25) is 0 Å². The fourth-order valence-corrected chi connectivity index (χ4v) is 2.46. The van der Waals surface area contributed by atoms with Crippen molar-refractivity contribution in [3.05, 3.63) is 71.8 Å². The highest BCUT2D eigenvalue weighted by Crippen LogP contribution is 2.30. The van der Waals surface area contributed by atoms with Gasteiger partial charge in [0.25, 0.3) is 0 Å². The van der Waals surface area contributed by atoms with Crippen molar-refractivity contribution in [1.29, 1.82) is 0 Å². The smallest absolute Gasteiger partial charge is 0.163 e. The van der Waals surface area contributed by atoms with E-state index in [1.807, 2.05) is 54.6 Å². The van der Waals surface area contributed by atoms with Crippen molar-refractivity contribution in [3.63, 3.8) is 0 Å². The zero-order valence-electron chi connectivity index (χ0n) is 11.8. The Morgan fingerprint density at radius 2 is 1.76 bits per heavy atom. The molecule has 2 aromatic rings. The average molecular weight is 281 g/mol. The van der Waals surface area contributed by atoms with Crippen molar-refractivity contribution in [2.75, 3.05) is 13.2 Å². The minimum atomic E-state index is -0.691. The summed E-state index contributed by atoms with van der Waals surface area (Å²) in [6.07, 6.45) is 3.95. The quantitative estimate of drug-likeness (QED) is 0.885. The van der Waals surface area contributed by atoms with Crippen LogP contribution in [0.4, 0.5) is 0 Å². The summed E-state index contributed by atoms with van der Waals surface area (Å²) in [6.45, 7) is 1.25. The zero-order valence-corrected chi connectivity index (χ0v) is 11.8. The topological polar surface area (TPSA) is 41.5 Å². The van der Waals surface area contributed by atoms with Crippen LogP contribution in [0.25, 0.3) is 6.08 Å². The first-order chi connectivity index (χ1) is 10.3. The van der Waals surface area contributed by atoms with Crippen LogP contribution in [-0.4, -0.2) is 23.9 Å². The molecule has 0 fully saturated rings. The lowest BCUT2D eigenvalue weighted by molar-refractivity contribution is 0.0480. The first-order valence-electron chi connectivity index (χ1n) is 7.14. The molecule has 21 heavy (non-hydrogen) atoms. The Morgan fingerprint density at radius 1 is 1.00 bits per heavy atom. The summed E-state index contributed by atoms with van der Waals surface area (Å²) in [7, 11) is 0. The SMILES string of the molecule is OCC1(CNCc2ccccc2)C=Cc2ccccc2O1. The number of nitrogens with one attached hydrogen (secondary N) is 1. The second kappa shape index (κ2) is 6.12. The van der Waals surface area contributed by atoms with Crippen molar-refractivity contribution in [1.82, 2.24) is 5.32 Å². The molecule has 108 valence electrons. The minimum Gasteiger partial charge on any atom is -0.479 e. The zero-order chi connectivity index (χ0) is 14.5. The monoisotopic (exact) mass is 281 g/mol. The Hall–Kier alpha value is -2.10. The number of rotatable bonds is 5. The van der Waals surface area contributed by atoms with Crippen LogP contribution < -0.4 is 10.1 Å². The van der Waals surface area contributed by atoms with Crippen LogP contribution in [0, 0.1) is 0 Å². The normalized spacial score (nSPS) is 19.9. The number of aliphatic hydroxyl groups excluding tert-OH is 1. The third-order valence-corrected chi connectivity index (χ3v) is 3.66. The molecule has 0 saturated heterocycles. The summed E-state index contributed by atoms with van der Waals surface area (Å²) in [5.74, 6) is 0.815. The molecule has 2 aromatic carbocycles. The number of benzene rings is 2. The number of para-hydroxylation sites is 1. The van der Waals surface area contributed by atoms with Gasteiger partial charge in [0.1, 0.15) is 5.75 Å². The van der Waals surface area contributed by atoms with Crippen LogP contribution in [0.3, 0.4) is 0 Å². The summed E-state index contributed by atoms with van der Waals surface area (Å²) in [5, 5.41) is 13.1. The Kier molecular flexibility index (Phi) is 4.04. The van der Waals surface area contributed by atoms with Gasteiger partial charge in [-0.2, -0.15) is 0 Å². The molecule has 1 aliphatic heterocycles. The van der Waals surface area contributed by atoms with Gasteiger partial charge in [-0.3, -0.25) is 0 Å². The van der Waals surface area contributed by atoms with Gasteiger partial charge in [0.2, 0.25) is 0 Å². The van der Waals surface area contributed by atoms with E-state index in [2.05, 4.69) is 17.4 Å². The second-order valence-electron chi connectivity index (χ2n) is 5.29. The molecule has 1 heterocycles. The molecule has 1 atom stereocenters. The molecule has 0 aromatic heterocycles. The van der Waals surface area contributed by atoms with Gasteiger partial charge in [0.15, 0.2) is 5.60 Å². The maximum Gasteiger partial charge on any atom is 0.163 e. The summed E-state index contributed by atoms with van der Waals surface area (Å²) >= 11 is 0. The van der Waals surface area contributed by atoms with E-state index >= 15 is 0 Å². The fraction of sp³-hybridized carbons (Fsp3) is 0.222. The largest absolute Gasteiger partial charge is 0.479 e. The van der Waals surface area contributed by atoms with Gasteiger partial charge >= 0.3 is 0 Å². The first kappa shape index (κ1) is 13.9. The van der Waals surface area contributed by atoms with Gasteiger partial charge in [-0.25, -0.2) is 0 Å². The number of fused-ring (bicyclic) bond motifs is 1. The molecule has 2 N–H and O–H groups in total. The number of hydrogen-bond acceptors (Lipinski definition) is 3. The predicted octanol–water partition coefficient (Wildman–Crippen LogP) is 2.61. The second-order valence-corrected chi connectivity index (χ2v) is 5.29. The van der Waals surface area contributed by atoms with Crippen LogP contribution in [-0.2, 0) is 6.54 Å². The lowest BCUT2D eigenvalue weighted by Gasteiger charge is -2.33. The Morgan fingerprint density at radius 3 is 2.57 bits per heavy atom. The van der Waals surface area contributed by atoms with E-state index < -0.39 is 5.60 Å². The molecular weight excluding hydrogens is 262 g/mol. The van der Waals surface area contributed by atoms with E-state index in [1.165, 1.54) is 5.56 Å². The maximum atomic E-state index is 9.75. The summed E-state index contributed by atoms with van der Waals surface area (Å²) in [4.78, 5) is 0. The van der Waals surface area contributed by atoms with Gasteiger partial charge in [0, 0.05) is 18.7 Å². The molecule has 0 aliphatic carbocycles. The first-order valence-corrected chi connectivity index (χ1v) is 7.14. The van der Waals surface area contributed by atoms with Crippen LogP contribution >= 0.6 is 0 Å². The van der Waals surface area contributed by atoms with Gasteiger partial charge in [0.05, 0.1) is 6.61 Å². The van der Waals surface area contributed by atoms with Gasteiger partial charge in [-0.15, -0.1) is 0 Å². The number of hydrogen-bond donors (Lipinski definition) is 2. The predicted molar refractivity (Wildman–Crippen MR) is 84.1 cm³/mol. The molecule has 1 unspecified atom stereocenters. The van der Waals surface area contributed by atoms with Crippen LogP contribution in [0.5, 0.6) is 5.75 Å². The van der Waals surface area contributed by atoms with E-state index in [1.54, 1.807) is 0 Å². The summed E-state index contributed by atoms with van der Waals surface area (Å²) in [6, 6.07) is 18.0. The van der Waals surface area contributed by atoms with Crippen molar-refractivity contribution in [2.45, 2.75) is 12.1 Å². The van der Waals surface area contributed by atoms with E-state index in [9.17, 15) is 5.11 Å². The molecule has 3 heteroatoms. The number of aliphatic hydroxyl groups is 1. The van der Waals surface area contributed by atoms with Crippen molar-refractivity contribution >= 4 is 6.08 Å². The Labute approximate surface area is 124 Å². The molecular formula is C18H19NO2. The molecule has 0 radical (unpaired) electrons.